The summed E-state index contributed by atoms with van der Waals surface area (Å²) in [6.07, 6.45) is 6.39. The maximum absolute atomic E-state index is 5.10. The summed E-state index contributed by atoms with van der Waals surface area (Å²) in [7, 11) is 0. The molecule has 0 saturated heterocycles. The standard InChI is InChI=1S/C7H7N3.C7H9N3.2C2H6/c1-6-2-3-10-7(4-6)8-5-9-10;1-6-3-2-4-9-7(6)10-5-8;2*1-2/h2-5H,1H3;2-5H,1H3,(H2,8,9,10);2*1-2H3. The number of hydrogen-bond donors (Lipinski definition) is 1. The normalized spacial score (nSPS) is 9.25. The molecule has 130 valence electrons. The summed E-state index contributed by atoms with van der Waals surface area (Å²) in [6, 6.07) is 7.80. The lowest BCUT2D eigenvalue weighted by Gasteiger charge is -1.94. The van der Waals surface area contributed by atoms with Gasteiger partial charge in [0.2, 0.25) is 0 Å². The van der Waals surface area contributed by atoms with Gasteiger partial charge in [-0.25, -0.2) is 19.5 Å². The van der Waals surface area contributed by atoms with Crippen LogP contribution in [-0.2, 0) is 0 Å². The third kappa shape index (κ3) is 7.00. The molecule has 2 N–H and O–H groups in total. The van der Waals surface area contributed by atoms with E-state index in [2.05, 4.69) is 20.1 Å². The van der Waals surface area contributed by atoms with Crippen molar-refractivity contribution >= 4 is 17.8 Å². The van der Waals surface area contributed by atoms with E-state index < -0.39 is 0 Å². The topological polar surface area (TPSA) is 81.5 Å². The van der Waals surface area contributed by atoms with E-state index in [9.17, 15) is 0 Å². The van der Waals surface area contributed by atoms with Crippen molar-refractivity contribution in [3.8, 4) is 0 Å². The highest BCUT2D eigenvalue weighted by Gasteiger charge is 1.92. The van der Waals surface area contributed by atoms with E-state index in [1.165, 1.54) is 11.9 Å². The first-order chi connectivity index (χ1) is 11.7. The maximum atomic E-state index is 5.10. The van der Waals surface area contributed by atoms with Gasteiger partial charge in [-0.15, -0.1) is 0 Å². The Hall–Kier alpha value is -2.76. The minimum Gasteiger partial charge on any atom is -0.390 e. The highest BCUT2D eigenvalue weighted by atomic mass is 15.3. The number of aliphatic imine (C=N–C) groups is 1. The molecule has 0 radical (unpaired) electrons. The Morgan fingerprint density at radius 1 is 1.08 bits per heavy atom. The zero-order valence-electron chi connectivity index (χ0n) is 15.4. The number of pyridine rings is 2. The van der Waals surface area contributed by atoms with E-state index in [0.717, 1.165) is 11.2 Å². The van der Waals surface area contributed by atoms with Gasteiger partial charge in [-0.3, -0.25) is 0 Å². The van der Waals surface area contributed by atoms with Crippen LogP contribution in [0.1, 0.15) is 38.8 Å². The molecule has 0 spiro atoms. The van der Waals surface area contributed by atoms with Crippen molar-refractivity contribution in [1.82, 2.24) is 19.6 Å². The van der Waals surface area contributed by atoms with Crippen LogP contribution in [0.25, 0.3) is 5.65 Å². The van der Waals surface area contributed by atoms with Crippen LogP contribution in [0.4, 0.5) is 5.82 Å². The first-order valence-electron chi connectivity index (χ1n) is 8.12. The minimum absolute atomic E-state index is 0.685. The van der Waals surface area contributed by atoms with Gasteiger partial charge in [-0.2, -0.15) is 5.10 Å². The monoisotopic (exact) mass is 328 g/mol. The fraction of sp³-hybridized carbons (Fsp3) is 0.333. The molecule has 3 aromatic rings. The predicted octanol–water partition coefficient (Wildman–Crippen LogP) is 4.10. The van der Waals surface area contributed by atoms with Crippen molar-refractivity contribution in [1.29, 1.82) is 0 Å². The molecule has 0 aromatic carbocycles. The summed E-state index contributed by atoms with van der Waals surface area (Å²) < 4.78 is 1.74. The van der Waals surface area contributed by atoms with Crippen molar-refractivity contribution in [2.24, 2.45) is 10.7 Å². The van der Waals surface area contributed by atoms with Crippen LogP contribution in [0.5, 0.6) is 0 Å². The number of aromatic nitrogens is 4. The molecular formula is C18H28N6. The van der Waals surface area contributed by atoms with Crippen LogP contribution in [0.15, 0.2) is 48.0 Å². The van der Waals surface area contributed by atoms with Gasteiger partial charge in [0, 0.05) is 12.4 Å². The maximum Gasteiger partial charge on any atom is 0.156 e. The van der Waals surface area contributed by atoms with Crippen LogP contribution in [0.3, 0.4) is 0 Å². The molecule has 0 aliphatic rings. The summed E-state index contributed by atoms with van der Waals surface area (Å²) >= 11 is 0. The lowest BCUT2D eigenvalue weighted by Crippen LogP contribution is -1.88. The van der Waals surface area contributed by atoms with Crippen molar-refractivity contribution in [2.45, 2.75) is 41.5 Å². The zero-order valence-corrected chi connectivity index (χ0v) is 15.4. The van der Waals surface area contributed by atoms with E-state index in [4.69, 9.17) is 5.73 Å². The van der Waals surface area contributed by atoms with Crippen molar-refractivity contribution in [2.75, 3.05) is 0 Å². The van der Waals surface area contributed by atoms with E-state index in [1.807, 2.05) is 72.0 Å². The Bertz CT molecular complexity index is 718. The quantitative estimate of drug-likeness (QED) is 0.538. The second-order valence-corrected chi connectivity index (χ2v) is 4.19. The third-order valence-corrected chi connectivity index (χ3v) is 2.61. The molecule has 3 rings (SSSR count). The van der Waals surface area contributed by atoms with Crippen molar-refractivity contribution in [3.05, 3.63) is 54.1 Å². The summed E-state index contributed by atoms with van der Waals surface area (Å²) in [5, 5.41) is 3.97. The van der Waals surface area contributed by atoms with Gasteiger partial charge in [0.25, 0.3) is 0 Å². The van der Waals surface area contributed by atoms with Crippen LogP contribution in [0, 0.1) is 13.8 Å². The van der Waals surface area contributed by atoms with Crippen LogP contribution >= 0.6 is 0 Å². The average Bonchev–Trinajstić information content (AvgIpc) is 3.09. The molecule has 6 heteroatoms. The van der Waals surface area contributed by atoms with E-state index >= 15 is 0 Å². The summed E-state index contributed by atoms with van der Waals surface area (Å²) in [5.74, 6) is 0.685. The number of nitrogens with zero attached hydrogens (tertiary/aromatic N) is 5. The lowest BCUT2D eigenvalue weighted by molar-refractivity contribution is 0.958. The predicted molar refractivity (Wildman–Crippen MR) is 102 cm³/mol. The largest absolute Gasteiger partial charge is 0.390 e. The Kier molecular flexibility index (Phi) is 11.3. The molecule has 3 aromatic heterocycles. The van der Waals surface area contributed by atoms with Crippen molar-refractivity contribution < 1.29 is 0 Å². The zero-order chi connectivity index (χ0) is 18.4. The van der Waals surface area contributed by atoms with Crippen molar-refractivity contribution in [3.63, 3.8) is 0 Å². The van der Waals surface area contributed by atoms with E-state index in [0.29, 0.717) is 5.82 Å². The van der Waals surface area contributed by atoms with Gasteiger partial charge in [0.15, 0.2) is 11.5 Å². The first-order valence-corrected chi connectivity index (χ1v) is 8.12. The molecule has 3 heterocycles. The molecule has 0 aliphatic heterocycles. The fourth-order valence-corrected chi connectivity index (χ4v) is 1.60. The lowest BCUT2D eigenvalue weighted by atomic mass is 10.3. The molecule has 0 aliphatic carbocycles. The molecule has 0 saturated carbocycles. The molecule has 0 bridgehead atoms. The number of hydrogen-bond acceptors (Lipinski definition) is 4. The third-order valence-electron chi connectivity index (χ3n) is 2.61. The molecular weight excluding hydrogens is 300 g/mol. The highest BCUT2D eigenvalue weighted by molar-refractivity contribution is 5.58. The van der Waals surface area contributed by atoms with Crippen LogP contribution < -0.4 is 5.73 Å². The van der Waals surface area contributed by atoms with Crippen LogP contribution in [0.2, 0.25) is 0 Å². The molecule has 0 fully saturated rings. The summed E-state index contributed by atoms with van der Waals surface area (Å²) in [5.41, 5.74) is 8.24. The van der Waals surface area contributed by atoms with Gasteiger partial charge < -0.3 is 5.73 Å². The van der Waals surface area contributed by atoms with E-state index in [-0.39, 0.29) is 0 Å². The Morgan fingerprint density at radius 2 is 1.79 bits per heavy atom. The van der Waals surface area contributed by atoms with E-state index in [1.54, 1.807) is 17.0 Å². The SMILES string of the molecule is CC.CC.Cc1cccnc1/N=C\N.Cc1ccn2ncnc2c1. The molecule has 24 heavy (non-hydrogen) atoms. The molecule has 0 atom stereocenters. The van der Waals surface area contributed by atoms with Gasteiger partial charge in [-0.05, 0) is 43.2 Å². The summed E-state index contributed by atoms with van der Waals surface area (Å²) in [4.78, 5) is 11.9. The average molecular weight is 328 g/mol. The Balaban J connectivity index is 0.000000366. The number of nitrogens with two attached hydrogens (primary N) is 1. The fourth-order valence-electron chi connectivity index (χ4n) is 1.60. The molecule has 6 nitrogen and oxygen atoms in total. The second-order valence-electron chi connectivity index (χ2n) is 4.19. The highest BCUT2D eigenvalue weighted by Crippen LogP contribution is 2.11. The van der Waals surface area contributed by atoms with Gasteiger partial charge in [0.1, 0.15) is 6.33 Å². The molecule has 0 amide bonds. The van der Waals surface area contributed by atoms with Gasteiger partial charge in [0.05, 0.1) is 6.34 Å². The minimum atomic E-state index is 0.685. The number of rotatable bonds is 1. The summed E-state index contributed by atoms with van der Waals surface area (Å²) in [6.45, 7) is 12.0. The van der Waals surface area contributed by atoms with Gasteiger partial charge in [-0.1, -0.05) is 33.8 Å². The van der Waals surface area contributed by atoms with Crippen LogP contribution in [-0.4, -0.2) is 25.9 Å². The Morgan fingerprint density at radius 3 is 2.42 bits per heavy atom. The molecule has 0 unspecified atom stereocenters. The first kappa shape index (κ1) is 21.2. The Labute approximate surface area is 144 Å². The number of fused-ring (bicyclic) bond motifs is 1. The smallest absolute Gasteiger partial charge is 0.156 e. The van der Waals surface area contributed by atoms with Gasteiger partial charge >= 0.3 is 0 Å². The second kappa shape index (κ2) is 12.8. The number of aryl methyl sites for hydroxylation is 2.